The number of hydrogen-bond acceptors (Lipinski definition) is 5. The van der Waals surface area contributed by atoms with Crippen LogP contribution in [-0.2, 0) is 23.1 Å². The van der Waals surface area contributed by atoms with E-state index in [-0.39, 0.29) is 12.1 Å². The fraction of sp³-hybridized carbons (Fsp3) is 0.714. The van der Waals surface area contributed by atoms with Crippen LogP contribution < -0.4 is 0 Å². The molecular weight excluding hydrogens is 258 g/mol. The lowest BCUT2D eigenvalue weighted by molar-refractivity contribution is 0.0522. The van der Waals surface area contributed by atoms with Gasteiger partial charge in [-0.05, 0) is 27.3 Å². The third-order valence-corrected chi connectivity index (χ3v) is 3.86. The van der Waals surface area contributed by atoms with Crippen LogP contribution in [0.5, 0.6) is 0 Å². The molecule has 1 saturated heterocycles. The van der Waals surface area contributed by atoms with Crippen LogP contribution in [0.3, 0.4) is 0 Å². The first kappa shape index (κ1) is 15.0. The van der Waals surface area contributed by atoms with Gasteiger partial charge in [-0.25, -0.2) is 4.79 Å². The maximum absolute atomic E-state index is 11.9. The quantitative estimate of drug-likeness (QED) is 0.759. The third kappa shape index (κ3) is 3.02. The number of rotatable bonds is 5. The second-order valence-electron chi connectivity index (χ2n) is 5.20. The summed E-state index contributed by atoms with van der Waals surface area (Å²) >= 11 is 0. The minimum atomic E-state index is -0.306. The molecule has 20 heavy (non-hydrogen) atoms. The summed E-state index contributed by atoms with van der Waals surface area (Å²) in [5.74, 6) is -0.306. The van der Waals surface area contributed by atoms with Crippen molar-refractivity contribution in [2.75, 3.05) is 20.3 Å². The SMILES string of the molecule is CCOC(=O)c1cnn(C)c1CN(C)C1CCOC1C. The molecule has 0 spiro atoms. The minimum Gasteiger partial charge on any atom is -0.462 e. The first-order chi connectivity index (χ1) is 9.54. The number of nitrogens with zero attached hydrogens (tertiary/aromatic N) is 3. The van der Waals surface area contributed by atoms with E-state index in [9.17, 15) is 4.79 Å². The monoisotopic (exact) mass is 281 g/mol. The van der Waals surface area contributed by atoms with Crippen LogP contribution in [0.25, 0.3) is 0 Å². The zero-order chi connectivity index (χ0) is 14.7. The van der Waals surface area contributed by atoms with Crippen LogP contribution in [0, 0.1) is 0 Å². The lowest BCUT2D eigenvalue weighted by Crippen LogP contribution is -2.37. The summed E-state index contributed by atoms with van der Waals surface area (Å²) in [4.78, 5) is 14.1. The van der Waals surface area contributed by atoms with E-state index in [1.54, 1.807) is 17.8 Å². The second-order valence-corrected chi connectivity index (χ2v) is 5.20. The molecule has 0 aliphatic carbocycles. The Bertz CT molecular complexity index is 472. The van der Waals surface area contributed by atoms with Gasteiger partial charge in [0.05, 0.1) is 24.6 Å². The van der Waals surface area contributed by atoms with Gasteiger partial charge in [0.15, 0.2) is 0 Å². The van der Waals surface area contributed by atoms with Crippen LogP contribution >= 0.6 is 0 Å². The lowest BCUT2D eigenvalue weighted by Gasteiger charge is -2.26. The van der Waals surface area contributed by atoms with E-state index < -0.39 is 0 Å². The average Bonchev–Trinajstić information content (AvgIpc) is 2.97. The number of ether oxygens (including phenoxy) is 2. The van der Waals surface area contributed by atoms with Crippen LogP contribution in [0.15, 0.2) is 6.20 Å². The Hall–Kier alpha value is -1.40. The molecule has 1 aromatic rings. The van der Waals surface area contributed by atoms with E-state index >= 15 is 0 Å². The van der Waals surface area contributed by atoms with Crippen molar-refractivity contribution in [1.29, 1.82) is 0 Å². The van der Waals surface area contributed by atoms with Crippen molar-refractivity contribution in [2.45, 2.75) is 39.0 Å². The Morgan fingerprint density at radius 2 is 2.40 bits per heavy atom. The number of hydrogen-bond donors (Lipinski definition) is 0. The highest BCUT2D eigenvalue weighted by atomic mass is 16.5. The summed E-state index contributed by atoms with van der Waals surface area (Å²) in [5, 5.41) is 4.18. The van der Waals surface area contributed by atoms with Gasteiger partial charge in [0.25, 0.3) is 0 Å². The van der Waals surface area contributed by atoms with Crippen molar-refractivity contribution in [1.82, 2.24) is 14.7 Å². The Morgan fingerprint density at radius 1 is 1.65 bits per heavy atom. The van der Waals surface area contributed by atoms with Gasteiger partial charge < -0.3 is 9.47 Å². The van der Waals surface area contributed by atoms with Crippen molar-refractivity contribution in [3.05, 3.63) is 17.5 Å². The number of esters is 1. The highest BCUT2D eigenvalue weighted by Crippen LogP contribution is 2.21. The van der Waals surface area contributed by atoms with Crippen LogP contribution in [0.1, 0.15) is 36.3 Å². The zero-order valence-corrected chi connectivity index (χ0v) is 12.6. The molecule has 0 aromatic carbocycles. The molecule has 2 rings (SSSR count). The average molecular weight is 281 g/mol. The summed E-state index contributed by atoms with van der Waals surface area (Å²) in [5.41, 5.74) is 1.43. The largest absolute Gasteiger partial charge is 0.462 e. The predicted molar refractivity (Wildman–Crippen MR) is 74.5 cm³/mol. The van der Waals surface area contributed by atoms with Crippen molar-refractivity contribution in [2.24, 2.45) is 7.05 Å². The van der Waals surface area contributed by atoms with Gasteiger partial charge in [-0.1, -0.05) is 0 Å². The molecule has 0 N–H and O–H groups in total. The first-order valence-corrected chi connectivity index (χ1v) is 7.04. The molecule has 1 aliphatic heterocycles. The second kappa shape index (κ2) is 6.37. The first-order valence-electron chi connectivity index (χ1n) is 7.04. The number of carbonyl (C=O) groups excluding carboxylic acids is 1. The van der Waals surface area contributed by atoms with E-state index in [2.05, 4.69) is 24.0 Å². The van der Waals surface area contributed by atoms with Gasteiger partial charge in [0, 0.05) is 26.2 Å². The number of carbonyl (C=O) groups is 1. The fourth-order valence-electron chi connectivity index (χ4n) is 2.68. The van der Waals surface area contributed by atoms with Crippen LogP contribution in [0.4, 0.5) is 0 Å². The van der Waals surface area contributed by atoms with E-state index in [4.69, 9.17) is 9.47 Å². The van der Waals surface area contributed by atoms with Gasteiger partial charge in [-0.15, -0.1) is 0 Å². The molecule has 2 atom stereocenters. The smallest absolute Gasteiger partial charge is 0.341 e. The number of aryl methyl sites for hydroxylation is 1. The summed E-state index contributed by atoms with van der Waals surface area (Å²) in [6.07, 6.45) is 2.82. The Balaban J connectivity index is 2.12. The molecule has 2 unspecified atom stereocenters. The molecule has 112 valence electrons. The highest BCUT2D eigenvalue weighted by molar-refractivity contribution is 5.90. The Labute approximate surface area is 119 Å². The summed E-state index contributed by atoms with van der Waals surface area (Å²) in [6, 6.07) is 0.375. The molecule has 1 fully saturated rings. The summed E-state index contributed by atoms with van der Waals surface area (Å²) in [7, 11) is 3.90. The molecule has 0 radical (unpaired) electrons. The zero-order valence-electron chi connectivity index (χ0n) is 12.6. The van der Waals surface area contributed by atoms with E-state index in [1.807, 2.05) is 7.05 Å². The maximum Gasteiger partial charge on any atom is 0.341 e. The molecule has 0 amide bonds. The normalized spacial score (nSPS) is 22.4. The topological polar surface area (TPSA) is 56.6 Å². The number of likely N-dealkylation sites (N-methyl/N-ethyl adjacent to an activating group) is 1. The molecule has 0 bridgehead atoms. The summed E-state index contributed by atoms with van der Waals surface area (Å²) < 4.78 is 12.4. The maximum atomic E-state index is 11.9. The van der Waals surface area contributed by atoms with E-state index in [1.165, 1.54) is 0 Å². The van der Waals surface area contributed by atoms with E-state index in [0.717, 1.165) is 18.7 Å². The molecule has 6 nitrogen and oxygen atoms in total. The molecule has 2 heterocycles. The molecular formula is C14H23N3O3. The highest BCUT2D eigenvalue weighted by Gasteiger charge is 2.29. The van der Waals surface area contributed by atoms with Crippen molar-refractivity contribution >= 4 is 5.97 Å². The molecule has 6 heteroatoms. The number of aromatic nitrogens is 2. The van der Waals surface area contributed by atoms with Crippen LogP contribution in [0.2, 0.25) is 0 Å². The van der Waals surface area contributed by atoms with Gasteiger partial charge in [-0.2, -0.15) is 5.10 Å². The molecule has 1 aromatic heterocycles. The van der Waals surface area contributed by atoms with Gasteiger partial charge in [-0.3, -0.25) is 9.58 Å². The van der Waals surface area contributed by atoms with Crippen molar-refractivity contribution in [3.8, 4) is 0 Å². The third-order valence-electron chi connectivity index (χ3n) is 3.86. The van der Waals surface area contributed by atoms with Crippen molar-refractivity contribution in [3.63, 3.8) is 0 Å². The van der Waals surface area contributed by atoms with E-state index in [0.29, 0.717) is 24.8 Å². The van der Waals surface area contributed by atoms with Crippen molar-refractivity contribution < 1.29 is 14.3 Å². The Morgan fingerprint density at radius 3 is 3.00 bits per heavy atom. The van der Waals surface area contributed by atoms with Gasteiger partial charge in [0.2, 0.25) is 0 Å². The predicted octanol–water partition coefficient (Wildman–Crippen LogP) is 1.21. The Kier molecular flexibility index (Phi) is 4.77. The standard InChI is InChI=1S/C14H23N3O3/c1-5-19-14(18)11-8-15-17(4)13(11)9-16(3)12-6-7-20-10(12)2/h8,10,12H,5-7,9H2,1-4H3. The lowest BCUT2D eigenvalue weighted by atomic mass is 10.1. The fourth-order valence-corrected chi connectivity index (χ4v) is 2.68. The van der Waals surface area contributed by atoms with Gasteiger partial charge in [0.1, 0.15) is 5.56 Å². The van der Waals surface area contributed by atoms with Crippen LogP contribution in [-0.4, -0.2) is 53.1 Å². The molecule has 1 aliphatic rings. The van der Waals surface area contributed by atoms with Gasteiger partial charge >= 0.3 is 5.97 Å². The molecule has 0 saturated carbocycles. The summed E-state index contributed by atoms with van der Waals surface area (Å²) in [6.45, 7) is 5.72. The minimum absolute atomic E-state index is 0.222.